The summed E-state index contributed by atoms with van der Waals surface area (Å²) in [5, 5.41) is 23.1. The van der Waals surface area contributed by atoms with E-state index in [-0.39, 0.29) is 11.7 Å². The number of thiol groups is 1. The smallest absolute Gasteiger partial charge is 0.326 e. The van der Waals surface area contributed by atoms with Crippen LogP contribution in [0.4, 0.5) is 0 Å². The number of nitrogens with zero attached hydrogens (tertiary/aromatic N) is 1. The van der Waals surface area contributed by atoms with Crippen LogP contribution in [0, 0.1) is 5.92 Å². The molecule has 0 aromatic rings. The van der Waals surface area contributed by atoms with E-state index in [1.165, 1.54) is 4.90 Å². The molecule has 0 aliphatic carbocycles. The minimum Gasteiger partial charge on any atom is -0.480 e. The standard InChI is InChI=1S/C16H28N4O6S/c1-8(2)12(16(25)26)19-13(22)10(7-27)18-14(23)11-4-3-5-20(11)15(24)9(17)6-21/h8-12,21,27H,3-7,17H2,1-2H3,(H,18,23)(H,19,22)(H,25,26). The van der Waals surface area contributed by atoms with E-state index >= 15 is 0 Å². The fraction of sp³-hybridized carbons (Fsp3) is 0.750. The summed E-state index contributed by atoms with van der Waals surface area (Å²) in [7, 11) is 0. The number of carbonyl (C=O) groups is 4. The van der Waals surface area contributed by atoms with Crippen LogP contribution >= 0.6 is 12.6 Å². The van der Waals surface area contributed by atoms with Crippen molar-refractivity contribution in [3.05, 3.63) is 0 Å². The molecule has 1 fully saturated rings. The van der Waals surface area contributed by atoms with E-state index in [9.17, 15) is 24.3 Å². The first-order chi connectivity index (χ1) is 12.6. The van der Waals surface area contributed by atoms with Crippen molar-refractivity contribution in [3.8, 4) is 0 Å². The summed E-state index contributed by atoms with van der Waals surface area (Å²) in [6.45, 7) is 3.10. The number of nitrogens with one attached hydrogen (secondary N) is 2. The van der Waals surface area contributed by atoms with E-state index in [2.05, 4.69) is 23.3 Å². The molecule has 0 aromatic heterocycles. The highest BCUT2D eigenvalue weighted by molar-refractivity contribution is 7.80. The zero-order valence-corrected chi connectivity index (χ0v) is 16.3. The monoisotopic (exact) mass is 404 g/mol. The molecule has 4 unspecified atom stereocenters. The molecule has 154 valence electrons. The van der Waals surface area contributed by atoms with Gasteiger partial charge in [-0.15, -0.1) is 0 Å². The van der Waals surface area contributed by atoms with Gasteiger partial charge in [0.2, 0.25) is 17.7 Å². The quantitative estimate of drug-likeness (QED) is 0.241. The molecule has 3 amide bonds. The Labute approximate surface area is 163 Å². The number of likely N-dealkylation sites (tertiary alicyclic amines) is 1. The normalized spacial score (nSPS) is 20.1. The lowest BCUT2D eigenvalue weighted by Crippen LogP contribution is -2.58. The van der Waals surface area contributed by atoms with E-state index in [1.54, 1.807) is 13.8 Å². The number of carboxylic acids is 1. The summed E-state index contributed by atoms with van der Waals surface area (Å²) in [5.74, 6) is -3.30. The van der Waals surface area contributed by atoms with Crippen LogP contribution in [0.1, 0.15) is 26.7 Å². The Bertz CT molecular complexity index is 573. The second-order valence-corrected chi connectivity index (χ2v) is 7.16. The van der Waals surface area contributed by atoms with E-state index in [1.807, 2.05) is 0 Å². The van der Waals surface area contributed by atoms with Gasteiger partial charge >= 0.3 is 5.97 Å². The molecule has 0 aromatic carbocycles. The minimum absolute atomic E-state index is 0.0428. The van der Waals surface area contributed by atoms with Crippen LogP contribution in [0.2, 0.25) is 0 Å². The number of nitrogens with two attached hydrogens (primary N) is 1. The maximum atomic E-state index is 12.6. The molecule has 0 radical (unpaired) electrons. The maximum absolute atomic E-state index is 12.6. The van der Waals surface area contributed by atoms with Crippen molar-refractivity contribution >= 4 is 36.3 Å². The summed E-state index contributed by atoms with van der Waals surface area (Å²) in [6, 6.07) is -4.05. The average molecular weight is 404 g/mol. The molecule has 1 rings (SSSR count). The van der Waals surface area contributed by atoms with Crippen LogP contribution < -0.4 is 16.4 Å². The Morgan fingerprint density at radius 2 is 1.89 bits per heavy atom. The molecule has 1 heterocycles. The van der Waals surface area contributed by atoms with E-state index in [4.69, 9.17) is 10.8 Å². The van der Waals surface area contributed by atoms with Gasteiger partial charge in [-0.2, -0.15) is 12.6 Å². The number of rotatable bonds is 9. The topological polar surface area (TPSA) is 162 Å². The summed E-state index contributed by atoms with van der Waals surface area (Å²) in [5.41, 5.74) is 5.54. The second kappa shape index (κ2) is 10.5. The SMILES string of the molecule is CC(C)C(NC(=O)C(CS)NC(=O)C1CCCN1C(=O)C(N)CO)C(=O)O. The number of amides is 3. The molecule has 1 aliphatic heterocycles. The lowest BCUT2D eigenvalue weighted by Gasteiger charge is -2.28. The van der Waals surface area contributed by atoms with Crippen LogP contribution in [0.3, 0.4) is 0 Å². The van der Waals surface area contributed by atoms with Crippen LogP contribution in [0.5, 0.6) is 0 Å². The molecule has 11 heteroatoms. The molecule has 6 N–H and O–H groups in total. The first-order valence-electron chi connectivity index (χ1n) is 8.75. The van der Waals surface area contributed by atoms with Gasteiger partial charge < -0.3 is 31.5 Å². The Balaban J connectivity index is 2.78. The van der Waals surface area contributed by atoms with Gasteiger partial charge in [0.25, 0.3) is 0 Å². The molecule has 1 saturated heterocycles. The largest absolute Gasteiger partial charge is 0.480 e. The summed E-state index contributed by atoms with van der Waals surface area (Å²) < 4.78 is 0. The van der Waals surface area contributed by atoms with Crippen molar-refractivity contribution in [2.24, 2.45) is 11.7 Å². The van der Waals surface area contributed by atoms with Gasteiger partial charge in [-0.25, -0.2) is 4.79 Å². The van der Waals surface area contributed by atoms with Gasteiger partial charge in [-0.1, -0.05) is 13.8 Å². The molecule has 0 saturated carbocycles. The average Bonchev–Trinajstić information content (AvgIpc) is 3.11. The highest BCUT2D eigenvalue weighted by Crippen LogP contribution is 2.18. The van der Waals surface area contributed by atoms with Crippen molar-refractivity contribution < 1.29 is 29.4 Å². The number of hydrogen-bond donors (Lipinski definition) is 6. The van der Waals surface area contributed by atoms with Gasteiger partial charge in [-0.05, 0) is 18.8 Å². The van der Waals surface area contributed by atoms with Crippen LogP contribution in [-0.2, 0) is 19.2 Å². The predicted octanol–water partition coefficient (Wildman–Crippen LogP) is -2.06. The fourth-order valence-electron chi connectivity index (χ4n) is 2.82. The number of aliphatic hydroxyl groups is 1. The molecule has 10 nitrogen and oxygen atoms in total. The van der Waals surface area contributed by atoms with E-state index < -0.39 is 54.5 Å². The zero-order valence-electron chi connectivity index (χ0n) is 15.4. The summed E-state index contributed by atoms with van der Waals surface area (Å²) in [4.78, 5) is 49.6. The van der Waals surface area contributed by atoms with Crippen molar-refractivity contribution in [1.29, 1.82) is 0 Å². The molecule has 0 spiro atoms. The zero-order chi connectivity index (χ0) is 20.7. The summed E-state index contributed by atoms with van der Waals surface area (Å²) >= 11 is 4.05. The number of aliphatic carboxylic acids is 1. The van der Waals surface area contributed by atoms with Crippen molar-refractivity contribution in [2.75, 3.05) is 18.9 Å². The van der Waals surface area contributed by atoms with Gasteiger partial charge in [0.15, 0.2) is 0 Å². The number of aliphatic hydroxyl groups excluding tert-OH is 1. The lowest BCUT2D eigenvalue weighted by molar-refractivity contribution is -0.144. The highest BCUT2D eigenvalue weighted by atomic mass is 32.1. The lowest BCUT2D eigenvalue weighted by atomic mass is 10.0. The molecule has 27 heavy (non-hydrogen) atoms. The molecule has 4 atom stereocenters. The molecular formula is C16H28N4O6S. The van der Waals surface area contributed by atoms with Crippen molar-refractivity contribution in [2.45, 2.75) is 50.9 Å². The third-order valence-electron chi connectivity index (χ3n) is 4.40. The van der Waals surface area contributed by atoms with Gasteiger partial charge in [0.1, 0.15) is 24.2 Å². The van der Waals surface area contributed by atoms with E-state index in [0.717, 1.165) is 0 Å². The Morgan fingerprint density at radius 1 is 1.26 bits per heavy atom. The Morgan fingerprint density at radius 3 is 2.37 bits per heavy atom. The third kappa shape index (κ3) is 6.08. The Kier molecular flexibility index (Phi) is 9.00. The molecular weight excluding hydrogens is 376 g/mol. The second-order valence-electron chi connectivity index (χ2n) is 6.79. The van der Waals surface area contributed by atoms with Crippen molar-refractivity contribution in [1.82, 2.24) is 15.5 Å². The molecule has 0 bridgehead atoms. The van der Waals surface area contributed by atoms with Crippen LogP contribution in [0.25, 0.3) is 0 Å². The predicted molar refractivity (Wildman–Crippen MR) is 100.0 cm³/mol. The van der Waals surface area contributed by atoms with Crippen LogP contribution in [0.15, 0.2) is 0 Å². The number of hydrogen-bond acceptors (Lipinski definition) is 7. The Hall–Kier alpha value is -1.85. The first kappa shape index (κ1) is 23.2. The van der Waals surface area contributed by atoms with Gasteiger partial charge in [-0.3, -0.25) is 14.4 Å². The number of carboxylic acid groups (broad SMARTS) is 1. The highest BCUT2D eigenvalue weighted by Gasteiger charge is 2.37. The van der Waals surface area contributed by atoms with Gasteiger partial charge in [0.05, 0.1) is 6.61 Å². The van der Waals surface area contributed by atoms with E-state index in [0.29, 0.717) is 19.4 Å². The first-order valence-corrected chi connectivity index (χ1v) is 9.38. The maximum Gasteiger partial charge on any atom is 0.326 e. The number of carbonyl (C=O) groups excluding carboxylic acids is 3. The van der Waals surface area contributed by atoms with Crippen LogP contribution in [-0.4, -0.2) is 81.9 Å². The molecule has 1 aliphatic rings. The fourth-order valence-corrected chi connectivity index (χ4v) is 3.08. The van der Waals surface area contributed by atoms with Gasteiger partial charge in [0, 0.05) is 12.3 Å². The summed E-state index contributed by atoms with van der Waals surface area (Å²) in [6.07, 6.45) is 0.995. The van der Waals surface area contributed by atoms with Crippen molar-refractivity contribution in [3.63, 3.8) is 0 Å². The minimum atomic E-state index is -1.17. The third-order valence-corrected chi connectivity index (χ3v) is 4.76.